The summed E-state index contributed by atoms with van der Waals surface area (Å²) < 4.78 is 24.4. The van der Waals surface area contributed by atoms with E-state index >= 15 is 0 Å². The molecule has 3 rings (SSSR count). The molecule has 0 saturated heterocycles. The molecule has 7 heteroatoms. The van der Waals surface area contributed by atoms with Gasteiger partial charge in [0.15, 0.2) is 11.5 Å². The van der Waals surface area contributed by atoms with Gasteiger partial charge >= 0.3 is 0 Å². The largest absolute Gasteiger partial charge is 0.493 e. The Balaban J connectivity index is 1.59. The second kappa shape index (κ2) is 9.73. The number of nitrogens with zero attached hydrogens (tertiary/aromatic N) is 2. The van der Waals surface area contributed by atoms with E-state index in [0.29, 0.717) is 41.9 Å². The average molecular weight is 396 g/mol. The van der Waals surface area contributed by atoms with E-state index < -0.39 is 0 Å². The van der Waals surface area contributed by atoms with Gasteiger partial charge in [-0.2, -0.15) is 4.98 Å². The number of aryl methyl sites for hydroxylation is 1. The highest BCUT2D eigenvalue weighted by Crippen LogP contribution is 2.27. The number of benzene rings is 2. The molecule has 0 bridgehead atoms. The Morgan fingerprint density at radius 2 is 1.72 bits per heavy atom. The standard InChI is InChI=1S/C22H25FN4O2/c1-15-12-21(25-14-17-6-4-5-7-18(17)23)27-22(26-15)24-11-10-16-8-9-19(28-2)20(13-16)29-3/h4-9,12-13H,10-11,14H2,1-3H3,(H2,24,25,26,27). The number of hydrogen-bond acceptors (Lipinski definition) is 6. The number of anilines is 2. The van der Waals surface area contributed by atoms with E-state index in [1.165, 1.54) is 6.07 Å². The van der Waals surface area contributed by atoms with Crippen LogP contribution in [0.25, 0.3) is 0 Å². The van der Waals surface area contributed by atoms with E-state index in [0.717, 1.165) is 17.7 Å². The van der Waals surface area contributed by atoms with Crippen LogP contribution in [0.1, 0.15) is 16.8 Å². The van der Waals surface area contributed by atoms with E-state index in [1.54, 1.807) is 26.4 Å². The minimum atomic E-state index is -0.237. The smallest absolute Gasteiger partial charge is 0.224 e. The Morgan fingerprint density at radius 3 is 2.48 bits per heavy atom. The van der Waals surface area contributed by atoms with Crippen molar-refractivity contribution in [1.29, 1.82) is 0 Å². The third-order valence-corrected chi connectivity index (χ3v) is 4.42. The molecular formula is C22H25FN4O2. The maximum absolute atomic E-state index is 13.8. The number of nitrogens with one attached hydrogen (secondary N) is 2. The van der Waals surface area contributed by atoms with Crippen LogP contribution in [0.5, 0.6) is 11.5 Å². The lowest BCUT2D eigenvalue weighted by Crippen LogP contribution is -2.11. The summed E-state index contributed by atoms with van der Waals surface area (Å²) >= 11 is 0. The predicted octanol–water partition coefficient (Wildman–Crippen LogP) is 4.21. The molecule has 0 aliphatic heterocycles. The molecule has 0 spiro atoms. The number of rotatable bonds is 9. The van der Waals surface area contributed by atoms with Crippen molar-refractivity contribution in [3.05, 3.63) is 71.2 Å². The highest BCUT2D eigenvalue weighted by molar-refractivity contribution is 5.44. The monoisotopic (exact) mass is 396 g/mol. The molecule has 0 aliphatic rings. The molecule has 0 fully saturated rings. The summed E-state index contributed by atoms with van der Waals surface area (Å²) in [7, 11) is 3.24. The molecule has 2 aromatic carbocycles. The molecule has 2 N–H and O–H groups in total. The molecule has 152 valence electrons. The van der Waals surface area contributed by atoms with Gasteiger partial charge in [-0.05, 0) is 37.1 Å². The van der Waals surface area contributed by atoms with Crippen LogP contribution in [0.3, 0.4) is 0 Å². The van der Waals surface area contributed by atoms with Crippen molar-refractivity contribution >= 4 is 11.8 Å². The van der Waals surface area contributed by atoms with Crippen molar-refractivity contribution in [1.82, 2.24) is 9.97 Å². The Labute approximate surface area is 170 Å². The minimum Gasteiger partial charge on any atom is -0.493 e. The Hall–Kier alpha value is -3.35. The van der Waals surface area contributed by atoms with Gasteiger partial charge in [0.05, 0.1) is 14.2 Å². The summed E-state index contributed by atoms with van der Waals surface area (Å²) in [6.07, 6.45) is 0.773. The summed E-state index contributed by atoms with van der Waals surface area (Å²) in [6, 6.07) is 14.4. The predicted molar refractivity (Wildman–Crippen MR) is 112 cm³/mol. The lowest BCUT2D eigenvalue weighted by Gasteiger charge is -2.11. The first kappa shape index (κ1) is 20.4. The minimum absolute atomic E-state index is 0.237. The van der Waals surface area contributed by atoms with Crippen LogP contribution in [0.15, 0.2) is 48.5 Å². The fourth-order valence-corrected chi connectivity index (χ4v) is 2.92. The lowest BCUT2D eigenvalue weighted by atomic mass is 10.1. The highest BCUT2D eigenvalue weighted by Gasteiger charge is 2.07. The van der Waals surface area contributed by atoms with Gasteiger partial charge < -0.3 is 20.1 Å². The number of ether oxygens (including phenoxy) is 2. The fourth-order valence-electron chi connectivity index (χ4n) is 2.92. The number of hydrogen-bond donors (Lipinski definition) is 2. The zero-order valence-corrected chi connectivity index (χ0v) is 16.8. The summed E-state index contributed by atoms with van der Waals surface area (Å²) in [6.45, 7) is 2.91. The van der Waals surface area contributed by atoms with Crippen LogP contribution in [-0.4, -0.2) is 30.7 Å². The maximum Gasteiger partial charge on any atom is 0.224 e. The normalized spacial score (nSPS) is 10.5. The molecule has 3 aromatic rings. The molecular weight excluding hydrogens is 371 g/mol. The molecule has 29 heavy (non-hydrogen) atoms. The first-order valence-corrected chi connectivity index (χ1v) is 9.37. The van der Waals surface area contributed by atoms with E-state index in [4.69, 9.17) is 9.47 Å². The summed E-state index contributed by atoms with van der Waals surface area (Å²) in [5.41, 5.74) is 2.53. The molecule has 0 radical (unpaired) electrons. The van der Waals surface area contributed by atoms with E-state index in [2.05, 4.69) is 20.6 Å². The second-order valence-electron chi connectivity index (χ2n) is 6.53. The molecule has 0 amide bonds. The summed E-state index contributed by atoms with van der Waals surface area (Å²) in [5, 5.41) is 6.40. The fraction of sp³-hybridized carbons (Fsp3) is 0.273. The molecule has 6 nitrogen and oxygen atoms in total. The number of aromatic nitrogens is 2. The van der Waals surface area contributed by atoms with Crippen molar-refractivity contribution in [3.8, 4) is 11.5 Å². The average Bonchev–Trinajstić information content (AvgIpc) is 2.72. The van der Waals surface area contributed by atoms with Gasteiger partial charge in [0.1, 0.15) is 11.6 Å². The topological polar surface area (TPSA) is 68.3 Å². The van der Waals surface area contributed by atoms with Crippen LogP contribution < -0.4 is 20.1 Å². The molecule has 1 aromatic heterocycles. The highest BCUT2D eigenvalue weighted by atomic mass is 19.1. The molecule has 0 aliphatic carbocycles. The van der Waals surface area contributed by atoms with Crippen LogP contribution in [0.4, 0.5) is 16.2 Å². The van der Waals surface area contributed by atoms with Gasteiger partial charge in [-0.15, -0.1) is 0 Å². The van der Waals surface area contributed by atoms with E-state index in [1.807, 2.05) is 37.3 Å². The van der Waals surface area contributed by atoms with Crippen LogP contribution >= 0.6 is 0 Å². The van der Waals surface area contributed by atoms with Gasteiger partial charge in [-0.3, -0.25) is 0 Å². The molecule has 0 saturated carbocycles. The summed E-state index contributed by atoms with van der Waals surface area (Å²) in [4.78, 5) is 8.89. The SMILES string of the molecule is COc1ccc(CCNc2nc(C)cc(NCc3ccccc3F)n2)cc1OC. The van der Waals surface area contributed by atoms with Gasteiger partial charge in [0.2, 0.25) is 5.95 Å². The molecule has 1 heterocycles. The van der Waals surface area contributed by atoms with Gasteiger partial charge in [0.25, 0.3) is 0 Å². The lowest BCUT2D eigenvalue weighted by molar-refractivity contribution is 0.354. The maximum atomic E-state index is 13.8. The quantitative estimate of drug-likeness (QED) is 0.565. The third kappa shape index (κ3) is 5.57. The van der Waals surface area contributed by atoms with Gasteiger partial charge in [-0.1, -0.05) is 24.3 Å². The zero-order valence-electron chi connectivity index (χ0n) is 16.8. The van der Waals surface area contributed by atoms with E-state index in [-0.39, 0.29) is 5.82 Å². The van der Waals surface area contributed by atoms with Crippen molar-refractivity contribution in [2.45, 2.75) is 19.9 Å². The van der Waals surface area contributed by atoms with Crippen molar-refractivity contribution in [3.63, 3.8) is 0 Å². The van der Waals surface area contributed by atoms with Gasteiger partial charge in [-0.25, -0.2) is 9.37 Å². The zero-order chi connectivity index (χ0) is 20.6. The van der Waals surface area contributed by atoms with Crippen molar-refractivity contribution < 1.29 is 13.9 Å². The Morgan fingerprint density at radius 1 is 0.931 bits per heavy atom. The van der Waals surface area contributed by atoms with Crippen molar-refractivity contribution in [2.75, 3.05) is 31.4 Å². The summed E-state index contributed by atoms with van der Waals surface area (Å²) in [5.74, 6) is 2.35. The Kier molecular flexibility index (Phi) is 6.84. The number of halogens is 1. The second-order valence-corrected chi connectivity index (χ2v) is 6.53. The molecule has 0 unspecified atom stereocenters. The van der Waals surface area contributed by atoms with Crippen LogP contribution in [-0.2, 0) is 13.0 Å². The van der Waals surface area contributed by atoms with Crippen LogP contribution in [0.2, 0.25) is 0 Å². The first-order valence-electron chi connectivity index (χ1n) is 9.37. The van der Waals surface area contributed by atoms with Crippen molar-refractivity contribution in [2.24, 2.45) is 0 Å². The third-order valence-electron chi connectivity index (χ3n) is 4.42. The molecule has 0 atom stereocenters. The number of methoxy groups -OCH3 is 2. The first-order chi connectivity index (χ1) is 14.1. The van der Waals surface area contributed by atoms with Crippen LogP contribution in [0, 0.1) is 12.7 Å². The van der Waals surface area contributed by atoms with Gasteiger partial charge in [0, 0.05) is 30.4 Å². The van der Waals surface area contributed by atoms with E-state index in [9.17, 15) is 4.39 Å². The Bertz CT molecular complexity index is 965.